The van der Waals surface area contributed by atoms with E-state index in [1.165, 1.54) is 7.11 Å². The largest absolute Gasteiger partial charge is 0.465 e. The molecule has 142 valence electrons. The Morgan fingerprint density at radius 2 is 1.81 bits per heavy atom. The Morgan fingerprint density at radius 3 is 2.38 bits per heavy atom. The number of likely N-dealkylation sites (tertiary alicyclic amines) is 1. The van der Waals surface area contributed by atoms with Crippen molar-refractivity contribution in [2.24, 2.45) is 5.92 Å². The first-order valence-corrected chi connectivity index (χ1v) is 8.98. The Kier molecular flexibility index (Phi) is 5.90. The molecule has 26 heavy (non-hydrogen) atoms. The van der Waals surface area contributed by atoms with Crippen LogP contribution in [0.4, 0.5) is 5.69 Å². The Hall–Kier alpha value is -1.96. The number of anilines is 1. The molecule has 2 aliphatic heterocycles. The van der Waals surface area contributed by atoms with E-state index in [0.717, 1.165) is 25.9 Å². The van der Waals surface area contributed by atoms with Crippen LogP contribution < -0.4 is 5.32 Å². The van der Waals surface area contributed by atoms with Crippen molar-refractivity contribution in [3.63, 3.8) is 0 Å². The van der Waals surface area contributed by atoms with Crippen LogP contribution in [-0.4, -0.2) is 62.5 Å². The molecule has 0 bridgehead atoms. The maximum atomic E-state index is 12.3. The van der Waals surface area contributed by atoms with Gasteiger partial charge in [0.2, 0.25) is 5.91 Å². The van der Waals surface area contributed by atoms with Crippen molar-refractivity contribution < 1.29 is 23.8 Å². The molecule has 1 aromatic carbocycles. The Bertz CT molecular complexity index is 632. The average molecular weight is 362 g/mol. The van der Waals surface area contributed by atoms with Gasteiger partial charge in [0.15, 0.2) is 5.79 Å². The van der Waals surface area contributed by atoms with Gasteiger partial charge in [-0.3, -0.25) is 9.69 Å². The van der Waals surface area contributed by atoms with Gasteiger partial charge in [0.05, 0.1) is 32.4 Å². The van der Waals surface area contributed by atoms with E-state index in [2.05, 4.69) is 15.0 Å². The van der Waals surface area contributed by atoms with Gasteiger partial charge in [0, 0.05) is 11.6 Å². The van der Waals surface area contributed by atoms with Crippen LogP contribution in [0.25, 0.3) is 0 Å². The normalized spacial score (nSPS) is 20.7. The number of amides is 1. The highest BCUT2D eigenvalue weighted by atomic mass is 16.7. The molecule has 0 aliphatic carbocycles. The first kappa shape index (κ1) is 18.8. The van der Waals surface area contributed by atoms with E-state index < -0.39 is 11.8 Å². The number of benzene rings is 1. The third kappa shape index (κ3) is 4.41. The Labute approximate surface area is 153 Å². The van der Waals surface area contributed by atoms with Crippen molar-refractivity contribution in [3.8, 4) is 0 Å². The lowest BCUT2D eigenvalue weighted by atomic mass is 9.89. The molecule has 7 nitrogen and oxygen atoms in total. The summed E-state index contributed by atoms with van der Waals surface area (Å²) < 4.78 is 16.2. The maximum Gasteiger partial charge on any atom is 0.337 e. The molecule has 1 amide bonds. The molecule has 2 heterocycles. The molecule has 2 aliphatic rings. The zero-order valence-electron chi connectivity index (χ0n) is 15.3. The zero-order chi connectivity index (χ0) is 18.6. The second-order valence-electron chi connectivity index (χ2n) is 6.88. The molecule has 1 N–H and O–H groups in total. The molecule has 0 atom stereocenters. The van der Waals surface area contributed by atoms with Crippen molar-refractivity contribution in [1.29, 1.82) is 0 Å². The van der Waals surface area contributed by atoms with Gasteiger partial charge < -0.3 is 19.5 Å². The van der Waals surface area contributed by atoms with E-state index in [0.29, 0.717) is 36.9 Å². The first-order chi connectivity index (χ1) is 12.5. The lowest BCUT2D eigenvalue weighted by Crippen LogP contribution is -2.46. The van der Waals surface area contributed by atoms with Crippen molar-refractivity contribution >= 4 is 17.6 Å². The van der Waals surface area contributed by atoms with Crippen molar-refractivity contribution in [3.05, 3.63) is 29.8 Å². The van der Waals surface area contributed by atoms with Crippen LogP contribution in [0.2, 0.25) is 0 Å². The number of piperidine rings is 1. The molecule has 2 fully saturated rings. The van der Waals surface area contributed by atoms with Crippen molar-refractivity contribution in [2.75, 3.05) is 45.3 Å². The number of hydrogen-bond donors (Lipinski definition) is 1. The molecule has 0 aromatic heterocycles. The molecule has 7 heteroatoms. The van der Waals surface area contributed by atoms with Gasteiger partial charge in [0.1, 0.15) is 0 Å². The van der Waals surface area contributed by atoms with Gasteiger partial charge in [-0.15, -0.1) is 0 Å². The van der Waals surface area contributed by atoms with Gasteiger partial charge >= 0.3 is 5.97 Å². The Morgan fingerprint density at radius 1 is 1.19 bits per heavy atom. The highest BCUT2D eigenvalue weighted by Gasteiger charge is 2.41. The van der Waals surface area contributed by atoms with Crippen LogP contribution in [0.5, 0.6) is 0 Å². The van der Waals surface area contributed by atoms with Crippen LogP contribution >= 0.6 is 0 Å². The number of carbonyl (C=O) groups excluding carboxylic acids is 2. The van der Waals surface area contributed by atoms with Crippen LogP contribution in [0.15, 0.2) is 24.3 Å². The highest BCUT2D eigenvalue weighted by Crippen LogP contribution is 2.34. The van der Waals surface area contributed by atoms with Crippen LogP contribution in [0.3, 0.4) is 0 Å². The summed E-state index contributed by atoms with van der Waals surface area (Å²) in [5.74, 6) is -0.547. The van der Waals surface area contributed by atoms with E-state index in [1.807, 2.05) is 6.92 Å². The standard InChI is InChI=1S/C19H26N2O5/c1-19(25-11-12-26-19)15-7-9-21(10-8-15)13-17(22)20-16-5-3-14(4-6-16)18(23)24-2/h3-6,15H,7-13H2,1-2H3,(H,20,22). The van der Waals surface area contributed by atoms with E-state index >= 15 is 0 Å². The summed E-state index contributed by atoms with van der Waals surface area (Å²) in [5, 5.41) is 2.87. The minimum atomic E-state index is -0.463. The van der Waals surface area contributed by atoms with Gasteiger partial charge in [-0.1, -0.05) is 0 Å². The molecule has 0 unspecified atom stereocenters. The van der Waals surface area contributed by atoms with Crippen LogP contribution in [0.1, 0.15) is 30.1 Å². The summed E-state index contributed by atoms with van der Waals surface area (Å²) >= 11 is 0. The Balaban J connectivity index is 1.45. The summed E-state index contributed by atoms with van der Waals surface area (Å²) in [6.45, 7) is 5.39. The van der Waals surface area contributed by atoms with Gasteiger partial charge in [0.25, 0.3) is 0 Å². The number of rotatable bonds is 5. The third-order valence-electron chi connectivity index (χ3n) is 5.15. The van der Waals surface area contributed by atoms with Gasteiger partial charge in [-0.25, -0.2) is 4.79 Å². The van der Waals surface area contributed by atoms with E-state index in [9.17, 15) is 9.59 Å². The number of ether oxygens (including phenoxy) is 3. The van der Waals surface area contributed by atoms with Crippen LogP contribution in [0, 0.1) is 5.92 Å². The fourth-order valence-corrected chi connectivity index (χ4v) is 3.59. The fraction of sp³-hybridized carbons (Fsp3) is 0.579. The summed E-state index contributed by atoms with van der Waals surface area (Å²) in [5.41, 5.74) is 1.12. The van der Waals surface area contributed by atoms with E-state index in [1.54, 1.807) is 24.3 Å². The lowest BCUT2D eigenvalue weighted by molar-refractivity contribution is -0.190. The third-order valence-corrected chi connectivity index (χ3v) is 5.15. The molecule has 3 rings (SSSR count). The summed E-state index contributed by atoms with van der Waals surface area (Å²) in [7, 11) is 1.34. The number of methoxy groups -OCH3 is 1. The number of nitrogens with one attached hydrogen (secondary N) is 1. The molecular formula is C19H26N2O5. The number of nitrogens with zero attached hydrogens (tertiary/aromatic N) is 1. The minimum absolute atomic E-state index is 0.0613. The topological polar surface area (TPSA) is 77.1 Å². The van der Waals surface area contributed by atoms with E-state index in [4.69, 9.17) is 9.47 Å². The molecular weight excluding hydrogens is 336 g/mol. The fourth-order valence-electron chi connectivity index (χ4n) is 3.59. The second kappa shape index (κ2) is 8.16. The van der Waals surface area contributed by atoms with Gasteiger partial charge in [-0.2, -0.15) is 0 Å². The lowest BCUT2D eigenvalue weighted by Gasteiger charge is -2.38. The quantitative estimate of drug-likeness (QED) is 0.806. The molecule has 0 spiro atoms. The smallest absolute Gasteiger partial charge is 0.337 e. The predicted octanol–water partition coefficient (Wildman–Crippen LogP) is 1.89. The summed E-state index contributed by atoms with van der Waals surface area (Å²) in [4.78, 5) is 25.8. The number of carbonyl (C=O) groups is 2. The second-order valence-corrected chi connectivity index (χ2v) is 6.88. The summed E-state index contributed by atoms with van der Waals surface area (Å²) in [6, 6.07) is 6.67. The molecule has 2 saturated heterocycles. The van der Waals surface area contributed by atoms with Gasteiger partial charge in [-0.05, 0) is 57.1 Å². The number of esters is 1. The number of hydrogen-bond acceptors (Lipinski definition) is 6. The average Bonchev–Trinajstić information content (AvgIpc) is 3.10. The summed E-state index contributed by atoms with van der Waals surface area (Å²) in [6.07, 6.45) is 1.91. The van der Waals surface area contributed by atoms with Crippen LogP contribution in [-0.2, 0) is 19.0 Å². The van der Waals surface area contributed by atoms with Crippen molar-refractivity contribution in [2.45, 2.75) is 25.6 Å². The SMILES string of the molecule is COC(=O)c1ccc(NC(=O)CN2CCC(C3(C)OCCO3)CC2)cc1. The monoisotopic (exact) mass is 362 g/mol. The van der Waals surface area contributed by atoms with Crippen molar-refractivity contribution in [1.82, 2.24) is 4.90 Å². The zero-order valence-corrected chi connectivity index (χ0v) is 15.3. The first-order valence-electron chi connectivity index (χ1n) is 8.98. The molecule has 0 saturated carbocycles. The maximum absolute atomic E-state index is 12.3. The predicted molar refractivity (Wildman–Crippen MR) is 95.9 cm³/mol. The molecule has 1 aromatic rings. The molecule has 0 radical (unpaired) electrons. The van der Waals surface area contributed by atoms with E-state index in [-0.39, 0.29) is 5.91 Å². The highest BCUT2D eigenvalue weighted by molar-refractivity contribution is 5.93. The minimum Gasteiger partial charge on any atom is -0.465 e.